The molecule has 7 heteroatoms. The Morgan fingerprint density at radius 2 is 1.96 bits per heavy atom. The fraction of sp³-hybridized carbons (Fsp3) is 0.381. The van der Waals surface area contributed by atoms with Gasteiger partial charge in [-0.25, -0.2) is 9.97 Å². The van der Waals surface area contributed by atoms with Crippen LogP contribution < -0.4 is 10.6 Å². The lowest BCUT2D eigenvalue weighted by Crippen LogP contribution is -2.16. The molecule has 1 aromatic heterocycles. The van der Waals surface area contributed by atoms with Crippen LogP contribution in [0.25, 0.3) is 17.3 Å². The molecule has 0 saturated carbocycles. The fourth-order valence-electron chi connectivity index (χ4n) is 2.29. The molecule has 28 heavy (non-hydrogen) atoms. The molecule has 2 N–H and O–H groups in total. The maximum atomic E-state index is 10.8. The van der Waals surface area contributed by atoms with Crippen molar-refractivity contribution in [2.75, 3.05) is 25.7 Å². The summed E-state index contributed by atoms with van der Waals surface area (Å²) < 4.78 is 0. The molecule has 5 nitrogen and oxygen atoms in total. The second-order valence-electron chi connectivity index (χ2n) is 6.23. The van der Waals surface area contributed by atoms with Crippen molar-refractivity contribution < 1.29 is 4.79 Å². The zero-order valence-corrected chi connectivity index (χ0v) is 18.9. The highest BCUT2D eigenvalue weighted by Crippen LogP contribution is 2.32. The van der Waals surface area contributed by atoms with Gasteiger partial charge in [-0.1, -0.05) is 24.6 Å². The fourth-order valence-corrected chi connectivity index (χ4v) is 2.97. The van der Waals surface area contributed by atoms with Crippen molar-refractivity contribution in [3.8, 4) is 11.3 Å². The number of allylic oxidation sites excluding steroid dienone is 1. The number of hydrogen-bond acceptors (Lipinski definition) is 6. The van der Waals surface area contributed by atoms with Gasteiger partial charge in [0.25, 0.3) is 0 Å². The zero-order valence-electron chi connectivity index (χ0n) is 17.3. The SMILES string of the molecule is CCC(C)Nc1nc(SC)c(/C=C/C=O)c(-c2ccc(Cl)c(C)c2)n1.CNC. The zero-order chi connectivity index (χ0) is 21.1. The van der Waals surface area contributed by atoms with Crippen molar-refractivity contribution in [3.63, 3.8) is 0 Å². The van der Waals surface area contributed by atoms with Crippen molar-refractivity contribution >= 4 is 41.7 Å². The number of anilines is 1. The first-order valence-corrected chi connectivity index (χ1v) is 10.7. The molecule has 1 unspecified atom stereocenters. The quantitative estimate of drug-likeness (QED) is 0.281. The predicted octanol–water partition coefficient (Wildman–Crippen LogP) is 5.09. The van der Waals surface area contributed by atoms with Crippen LogP contribution in [0.1, 0.15) is 31.4 Å². The lowest BCUT2D eigenvalue weighted by molar-refractivity contribution is -0.104. The standard InChI is InChI=1S/C19H22ClN3OS.C2H7N/c1-5-13(3)21-19-22-17(14-8-9-16(20)12(2)11-14)15(7-6-10-24)18(23-19)25-4;1-3-2/h6-11,13H,5H2,1-4H3,(H,21,22,23);3H,1-2H3/b7-6+;. The van der Waals surface area contributed by atoms with Gasteiger partial charge < -0.3 is 10.6 Å². The summed E-state index contributed by atoms with van der Waals surface area (Å²) in [5, 5.41) is 7.62. The Kier molecular flexibility index (Phi) is 10.8. The van der Waals surface area contributed by atoms with Gasteiger partial charge in [-0.15, -0.1) is 11.8 Å². The Bertz CT molecular complexity index is 811. The third kappa shape index (κ3) is 6.93. The van der Waals surface area contributed by atoms with Crippen molar-refractivity contribution in [3.05, 3.63) is 40.4 Å². The summed E-state index contributed by atoms with van der Waals surface area (Å²) in [5.74, 6) is 0.588. The molecule has 0 aliphatic rings. The summed E-state index contributed by atoms with van der Waals surface area (Å²) in [6.45, 7) is 6.16. The number of nitrogens with one attached hydrogen (secondary N) is 2. The molecule has 152 valence electrons. The summed E-state index contributed by atoms with van der Waals surface area (Å²) in [4.78, 5) is 20.1. The molecule has 1 atom stereocenters. The summed E-state index contributed by atoms with van der Waals surface area (Å²) in [7, 11) is 3.75. The number of aryl methyl sites for hydroxylation is 1. The van der Waals surface area contributed by atoms with Gasteiger partial charge in [-0.05, 0) is 70.5 Å². The molecular weight excluding hydrogens is 392 g/mol. The van der Waals surface area contributed by atoms with Crippen LogP contribution >= 0.6 is 23.4 Å². The molecule has 1 aromatic carbocycles. The van der Waals surface area contributed by atoms with Crippen LogP contribution in [-0.4, -0.2) is 42.6 Å². The van der Waals surface area contributed by atoms with Gasteiger partial charge in [0.1, 0.15) is 11.3 Å². The lowest BCUT2D eigenvalue weighted by Gasteiger charge is -2.16. The van der Waals surface area contributed by atoms with Crippen LogP contribution in [-0.2, 0) is 4.79 Å². The molecule has 0 aliphatic carbocycles. The van der Waals surface area contributed by atoms with Gasteiger partial charge in [0, 0.05) is 22.2 Å². The number of benzene rings is 1. The molecule has 2 rings (SSSR count). The van der Waals surface area contributed by atoms with E-state index in [2.05, 4.69) is 29.5 Å². The van der Waals surface area contributed by atoms with E-state index in [-0.39, 0.29) is 6.04 Å². The number of carbonyl (C=O) groups is 1. The van der Waals surface area contributed by atoms with Gasteiger partial charge in [0.15, 0.2) is 0 Å². The van der Waals surface area contributed by atoms with Gasteiger partial charge in [-0.3, -0.25) is 4.79 Å². The number of hydrogen-bond donors (Lipinski definition) is 2. The van der Waals surface area contributed by atoms with Crippen molar-refractivity contribution in [2.45, 2.75) is 38.3 Å². The van der Waals surface area contributed by atoms with Crippen LogP contribution in [0.5, 0.6) is 0 Å². The summed E-state index contributed by atoms with van der Waals surface area (Å²) in [5.41, 5.74) is 3.53. The van der Waals surface area contributed by atoms with E-state index >= 15 is 0 Å². The van der Waals surface area contributed by atoms with Gasteiger partial charge in [-0.2, -0.15) is 0 Å². The van der Waals surface area contributed by atoms with E-state index in [4.69, 9.17) is 16.6 Å². The van der Waals surface area contributed by atoms with E-state index in [1.165, 1.54) is 17.8 Å². The molecular formula is C21H29ClN4OS. The maximum Gasteiger partial charge on any atom is 0.224 e. The highest BCUT2D eigenvalue weighted by Gasteiger charge is 2.15. The molecule has 0 bridgehead atoms. The van der Waals surface area contributed by atoms with E-state index in [9.17, 15) is 4.79 Å². The molecule has 0 aliphatic heterocycles. The summed E-state index contributed by atoms with van der Waals surface area (Å²) in [6.07, 6.45) is 6.91. The van der Waals surface area contributed by atoms with Crippen LogP contribution in [0.4, 0.5) is 5.95 Å². The molecule has 0 saturated heterocycles. The van der Waals surface area contributed by atoms with Gasteiger partial charge >= 0.3 is 0 Å². The van der Waals surface area contributed by atoms with E-state index in [1.807, 2.05) is 45.5 Å². The minimum atomic E-state index is 0.269. The van der Waals surface area contributed by atoms with Crippen LogP contribution in [0.15, 0.2) is 29.3 Å². The molecule has 0 spiro atoms. The van der Waals surface area contributed by atoms with Gasteiger partial charge in [0.05, 0.1) is 5.69 Å². The van der Waals surface area contributed by atoms with Crippen LogP contribution in [0.2, 0.25) is 5.02 Å². The Morgan fingerprint density at radius 3 is 2.50 bits per heavy atom. The number of aldehydes is 1. The Labute approximate surface area is 177 Å². The van der Waals surface area contributed by atoms with Crippen molar-refractivity contribution in [1.82, 2.24) is 15.3 Å². The largest absolute Gasteiger partial charge is 0.352 e. The first-order valence-electron chi connectivity index (χ1n) is 9.11. The molecule has 0 radical (unpaired) electrons. The van der Waals surface area contributed by atoms with E-state index in [0.29, 0.717) is 11.0 Å². The number of halogens is 1. The Balaban J connectivity index is 0.00000122. The lowest BCUT2D eigenvalue weighted by atomic mass is 10.0. The van der Waals surface area contributed by atoms with E-state index in [1.54, 1.807) is 6.08 Å². The van der Waals surface area contributed by atoms with Crippen LogP contribution in [0, 0.1) is 6.92 Å². The van der Waals surface area contributed by atoms with E-state index < -0.39 is 0 Å². The first kappa shape index (κ1) is 24.1. The monoisotopic (exact) mass is 420 g/mol. The Hall–Kier alpha value is -1.89. The van der Waals surface area contributed by atoms with E-state index in [0.717, 1.165) is 40.1 Å². The third-order valence-corrected chi connectivity index (χ3v) is 4.99. The van der Waals surface area contributed by atoms with Crippen molar-refractivity contribution in [2.24, 2.45) is 0 Å². The number of carbonyl (C=O) groups excluding carboxylic acids is 1. The minimum Gasteiger partial charge on any atom is -0.352 e. The maximum absolute atomic E-state index is 10.8. The van der Waals surface area contributed by atoms with Crippen molar-refractivity contribution in [1.29, 1.82) is 0 Å². The summed E-state index contributed by atoms with van der Waals surface area (Å²) in [6, 6.07) is 6.07. The highest BCUT2D eigenvalue weighted by molar-refractivity contribution is 7.98. The highest BCUT2D eigenvalue weighted by atomic mass is 35.5. The second kappa shape index (κ2) is 12.5. The first-order chi connectivity index (χ1) is 13.4. The topological polar surface area (TPSA) is 66.9 Å². The molecule has 0 amide bonds. The second-order valence-corrected chi connectivity index (χ2v) is 7.43. The molecule has 1 heterocycles. The molecule has 0 fully saturated rings. The number of nitrogens with zero attached hydrogens (tertiary/aromatic N) is 2. The number of aromatic nitrogens is 2. The third-order valence-electron chi connectivity index (χ3n) is 3.86. The smallest absolute Gasteiger partial charge is 0.224 e. The minimum absolute atomic E-state index is 0.269. The number of rotatable bonds is 7. The average molecular weight is 421 g/mol. The Morgan fingerprint density at radius 1 is 1.29 bits per heavy atom. The van der Waals surface area contributed by atoms with Gasteiger partial charge in [0.2, 0.25) is 5.95 Å². The number of thioether (sulfide) groups is 1. The predicted molar refractivity (Wildman–Crippen MR) is 122 cm³/mol. The summed E-state index contributed by atoms with van der Waals surface area (Å²) >= 11 is 7.69. The normalized spacial score (nSPS) is 11.7. The average Bonchev–Trinajstić information content (AvgIpc) is 2.68. The molecule has 2 aromatic rings. The van der Waals surface area contributed by atoms with Crippen LogP contribution in [0.3, 0.4) is 0 Å².